The molecule has 0 aliphatic heterocycles. The molecule has 2 aromatic heterocycles. The van der Waals surface area contributed by atoms with Gasteiger partial charge in [-0.25, -0.2) is 4.79 Å². The van der Waals surface area contributed by atoms with Crippen LogP contribution in [0.1, 0.15) is 29.9 Å². The Balaban J connectivity index is 1.96. The van der Waals surface area contributed by atoms with Gasteiger partial charge in [0.1, 0.15) is 0 Å². The van der Waals surface area contributed by atoms with E-state index in [2.05, 4.69) is 25.2 Å². The van der Waals surface area contributed by atoms with Crippen LogP contribution < -0.4 is 5.32 Å². The summed E-state index contributed by atoms with van der Waals surface area (Å²) < 4.78 is 0. The van der Waals surface area contributed by atoms with Crippen molar-refractivity contribution in [2.24, 2.45) is 0 Å². The van der Waals surface area contributed by atoms with E-state index in [1.165, 1.54) is 27.9 Å². The largest absolute Gasteiger partial charge is 0.478 e. The van der Waals surface area contributed by atoms with Gasteiger partial charge in [-0.2, -0.15) is 0 Å². The third-order valence-corrected chi connectivity index (χ3v) is 5.08. The molecule has 4 nitrogen and oxygen atoms in total. The molecule has 0 aliphatic carbocycles. The molecule has 110 valence electrons. The molecule has 0 saturated heterocycles. The molecule has 0 bridgehead atoms. The van der Waals surface area contributed by atoms with Gasteiger partial charge in [0.25, 0.3) is 5.91 Å². The predicted molar refractivity (Wildman–Crippen MR) is 86.0 cm³/mol. The van der Waals surface area contributed by atoms with E-state index in [0.717, 1.165) is 15.8 Å². The number of rotatable bonds is 5. The number of carbonyl (C=O) groups excluding carboxylic acids is 1. The molecule has 2 aromatic rings. The molecule has 0 aliphatic rings. The first-order valence-electron chi connectivity index (χ1n) is 6.30. The fraction of sp³-hybridized carbons (Fsp3) is 0.200. The summed E-state index contributed by atoms with van der Waals surface area (Å²) in [6.45, 7) is 4.62. The molecule has 2 rings (SSSR count). The van der Waals surface area contributed by atoms with Crippen LogP contribution in [0.15, 0.2) is 24.3 Å². The lowest BCUT2D eigenvalue weighted by molar-refractivity contribution is -0.131. The Labute approximate surface area is 130 Å². The number of hydrogen-bond acceptors (Lipinski definition) is 4. The normalized spacial score (nSPS) is 11.0. The summed E-state index contributed by atoms with van der Waals surface area (Å²) in [6.07, 6.45) is 2.54. The molecule has 0 radical (unpaired) electrons. The molecule has 0 atom stereocenters. The van der Waals surface area contributed by atoms with Gasteiger partial charge in [-0.3, -0.25) is 4.79 Å². The number of aryl methyl sites for hydroxylation is 2. The molecule has 2 N–H and O–H groups in total. The van der Waals surface area contributed by atoms with Crippen LogP contribution in [0.3, 0.4) is 0 Å². The second-order valence-corrected chi connectivity index (χ2v) is 6.96. The fourth-order valence-electron chi connectivity index (χ4n) is 1.71. The summed E-state index contributed by atoms with van der Waals surface area (Å²) in [5, 5.41) is 11.4. The van der Waals surface area contributed by atoms with Crippen LogP contribution >= 0.6 is 22.7 Å². The highest BCUT2D eigenvalue weighted by molar-refractivity contribution is 7.15. The molecule has 0 spiro atoms. The van der Waals surface area contributed by atoms with Crippen molar-refractivity contribution in [2.45, 2.75) is 20.4 Å². The summed E-state index contributed by atoms with van der Waals surface area (Å²) in [5.41, 5.74) is 1.24. The lowest BCUT2D eigenvalue weighted by atomic mass is 10.3. The number of nitrogens with one attached hydrogen (secondary N) is 1. The van der Waals surface area contributed by atoms with Gasteiger partial charge in [0, 0.05) is 20.7 Å². The number of amides is 1. The van der Waals surface area contributed by atoms with Crippen molar-refractivity contribution in [3.05, 3.63) is 49.3 Å². The zero-order chi connectivity index (χ0) is 15.4. The van der Waals surface area contributed by atoms with Crippen molar-refractivity contribution in [3.8, 4) is 0 Å². The lowest BCUT2D eigenvalue weighted by Gasteiger charge is -2.00. The Morgan fingerprint density at radius 1 is 1.29 bits per heavy atom. The van der Waals surface area contributed by atoms with Crippen LogP contribution in [0.4, 0.5) is 0 Å². The average Bonchev–Trinajstić information content (AvgIpc) is 3.02. The third-order valence-electron chi connectivity index (χ3n) is 2.88. The van der Waals surface area contributed by atoms with E-state index in [0.29, 0.717) is 11.4 Å². The maximum absolute atomic E-state index is 12.0. The number of carbonyl (C=O) groups is 2. The van der Waals surface area contributed by atoms with Gasteiger partial charge in [-0.15, -0.1) is 22.7 Å². The quantitative estimate of drug-likeness (QED) is 0.829. The summed E-state index contributed by atoms with van der Waals surface area (Å²) in [7, 11) is 0. The van der Waals surface area contributed by atoms with E-state index in [4.69, 9.17) is 5.11 Å². The molecule has 21 heavy (non-hydrogen) atoms. The first-order chi connectivity index (χ1) is 9.95. The molecular formula is C15H15NO3S2. The summed E-state index contributed by atoms with van der Waals surface area (Å²) in [5.74, 6) is -1.14. The summed E-state index contributed by atoms with van der Waals surface area (Å²) >= 11 is 2.95. The highest BCUT2D eigenvalue weighted by atomic mass is 32.1. The zero-order valence-corrected chi connectivity index (χ0v) is 13.3. The maximum Gasteiger partial charge on any atom is 0.328 e. The summed E-state index contributed by atoms with van der Waals surface area (Å²) in [6, 6.07) is 5.51. The van der Waals surface area contributed by atoms with Crippen molar-refractivity contribution in [2.75, 3.05) is 0 Å². The highest BCUT2D eigenvalue weighted by Gasteiger charge is 2.09. The molecule has 0 fully saturated rings. The van der Waals surface area contributed by atoms with Crippen molar-refractivity contribution in [3.63, 3.8) is 0 Å². The number of carboxylic acid groups (broad SMARTS) is 1. The molecular weight excluding hydrogens is 306 g/mol. The third kappa shape index (κ3) is 4.27. The number of aliphatic carboxylic acids is 1. The van der Waals surface area contributed by atoms with E-state index in [-0.39, 0.29) is 5.91 Å². The van der Waals surface area contributed by atoms with E-state index >= 15 is 0 Å². The average molecular weight is 321 g/mol. The highest BCUT2D eigenvalue weighted by Crippen LogP contribution is 2.21. The molecule has 1 amide bonds. The van der Waals surface area contributed by atoms with Gasteiger partial charge in [-0.05, 0) is 43.7 Å². The van der Waals surface area contributed by atoms with Gasteiger partial charge in [0.15, 0.2) is 0 Å². The van der Waals surface area contributed by atoms with E-state index < -0.39 is 5.97 Å². The van der Waals surface area contributed by atoms with E-state index in [9.17, 15) is 9.59 Å². The number of thiophene rings is 2. The Morgan fingerprint density at radius 2 is 2.05 bits per heavy atom. The van der Waals surface area contributed by atoms with Crippen LogP contribution in [0, 0.1) is 13.8 Å². The number of carboxylic acids is 1. The minimum atomic E-state index is -1.00. The Hall–Kier alpha value is -1.92. The van der Waals surface area contributed by atoms with Crippen LogP contribution in [0.25, 0.3) is 6.08 Å². The van der Waals surface area contributed by atoms with E-state index in [1.54, 1.807) is 23.5 Å². The monoisotopic (exact) mass is 321 g/mol. The second kappa shape index (κ2) is 6.69. The van der Waals surface area contributed by atoms with Gasteiger partial charge >= 0.3 is 5.97 Å². The van der Waals surface area contributed by atoms with Crippen LogP contribution in [-0.2, 0) is 11.3 Å². The van der Waals surface area contributed by atoms with Crippen molar-refractivity contribution in [1.29, 1.82) is 0 Å². The lowest BCUT2D eigenvalue weighted by Crippen LogP contribution is -2.21. The standard InChI is InChI=1S/C15H15NO3S2/c1-9-7-12(20-10(9)2)8-16-15(19)13-5-3-11(21-13)4-6-14(17)18/h3-7H,8H2,1-2H3,(H,16,19)(H,17,18). The molecule has 0 saturated carbocycles. The van der Waals surface area contributed by atoms with Crippen molar-refractivity contribution in [1.82, 2.24) is 5.32 Å². The molecule has 2 heterocycles. The minimum Gasteiger partial charge on any atom is -0.478 e. The maximum atomic E-state index is 12.0. The number of hydrogen-bond donors (Lipinski definition) is 2. The SMILES string of the molecule is Cc1cc(CNC(=O)c2ccc(C=CC(=O)O)s2)sc1C. The topological polar surface area (TPSA) is 66.4 Å². The Kier molecular flexibility index (Phi) is 4.93. The van der Waals surface area contributed by atoms with Gasteiger partial charge < -0.3 is 10.4 Å². The van der Waals surface area contributed by atoms with Gasteiger partial charge in [0.05, 0.1) is 11.4 Å². The van der Waals surface area contributed by atoms with Crippen molar-refractivity contribution < 1.29 is 14.7 Å². The van der Waals surface area contributed by atoms with Crippen LogP contribution in [-0.4, -0.2) is 17.0 Å². The zero-order valence-electron chi connectivity index (χ0n) is 11.7. The molecule has 6 heteroatoms. The fourth-order valence-corrected chi connectivity index (χ4v) is 3.53. The smallest absolute Gasteiger partial charge is 0.328 e. The second-order valence-electron chi connectivity index (χ2n) is 4.51. The van der Waals surface area contributed by atoms with Crippen LogP contribution in [0.5, 0.6) is 0 Å². The van der Waals surface area contributed by atoms with Gasteiger partial charge in [0.2, 0.25) is 0 Å². The first kappa shape index (κ1) is 15.5. The van der Waals surface area contributed by atoms with Crippen molar-refractivity contribution >= 4 is 40.6 Å². The van der Waals surface area contributed by atoms with E-state index in [1.807, 2.05) is 0 Å². The summed E-state index contributed by atoms with van der Waals surface area (Å²) in [4.78, 5) is 26.2. The molecule has 0 unspecified atom stereocenters. The first-order valence-corrected chi connectivity index (χ1v) is 7.94. The Bertz CT molecular complexity index is 678. The van der Waals surface area contributed by atoms with Gasteiger partial charge in [-0.1, -0.05) is 0 Å². The Morgan fingerprint density at radius 3 is 2.67 bits per heavy atom. The predicted octanol–water partition coefficient (Wildman–Crippen LogP) is 3.45. The molecule has 0 aromatic carbocycles. The van der Waals surface area contributed by atoms with Crippen LogP contribution in [0.2, 0.25) is 0 Å². The minimum absolute atomic E-state index is 0.140.